The van der Waals surface area contributed by atoms with Gasteiger partial charge in [0.05, 0.1) is 0 Å². The second-order valence-electron chi connectivity index (χ2n) is 5.60. The van der Waals surface area contributed by atoms with Crippen molar-refractivity contribution in [1.82, 2.24) is 0 Å². The minimum atomic E-state index is 0.133. The van der Waals surface area contributed by atoms with Gasteiger partial charge in [0, 0.05) is 22.2 Å². The maximum absolute atomic E-state index is 12.4. The fourth-order valence-electron chi connectivity index (χ4n) is 2.78. The maximum atomic E-state index is 12.4. The smallest absolute Gasteiger partial charge is 0.166 e. The van der Waals surface area contributed by atoms with Crippen LogP contribution in [0.4, 0.5) is 5.69 Å². The molecule has 0 radical (unpaired) electrons. The lowest BCUT2D eigenvalue weighted by Crippen LogP contribution is -2.26. The molecule has 3 heteroatoms. The monoisotopic (exact) mass is 265 g/mol. The molecule has 2 rings (SSSR count). The van der Waals surface area contributed by atoms with Crippen LogP contribution in [0.15, 0.2) is 18.2 Å². The lowest BCUT2D eigenvalue weighted by Gasteiger charge is -2.31. The van der Waals surface area contributed by atoms with Gasteiger partial charge in [0.1, 0.15) is 0 Å². The summed E-state index contributed by atoms with van der Waals surface area (Å²) in [6, 6.07) is 5.13. The zero-order chi connectivity index (χ0) is 13.3. The van der Waals surface area contributed by atoms with Crippen LogP contribution >= 0.6 is 11.6 Å². The van der Waals surface area contributed by atoms with Crippen LogP contribution in [0, 0.1) is 17.8 Å². The molecule has 1 saturated carbocycles. The van der Waals surface area contributed by atoms with E-state index in [2.05, 4.69) is 13.8 Å². The van der Waals surface area contributed by atoms with E-state index in [0.717, 1.165) is 25.2 Å². The summed E-state index contributed by atoms with van der Waals surface area (Å²) in [5, 5.41) is 0.538. The van der Waals surface area contributed by atoms with Crippen LogP contribution in [0.3, 0.4) is 0 Å². The van der Waals surface area contributed by atoms with E-state index in [4.69, 9.17) is 17.3 Å². The fraction of sp³-hybridized carbons (Fsp3) is 0.533. The summed E-state index contributed by atoms with van der Waals surface area (Å²) in [6.07, 6.45) is 3.09. The predicted octanol–water partition coefficient (Wildman–Crippen LogP) is 4.18. The highest BCUT2D eigenvalue weighted by molar-refractivity contribution is 6.31. The molecule has 1 aliphatic rings. The van der Waals surface area contributed by atoms with Crippen molar-refractivity contribution in [3.8, 4) is 0 Å². The van der Waals surface area contributed by atoms with Gasteiger partial charge in [-0.2, -0.15) is 0 Å². The zero-order valence-electron chi connectivity index (χ0n) is 10.9. The van der Waals surface area contributed by atoms with Crippen LogP contribution < -0.4 is 5.73 Å². The highest BCUT2D eigenvalue weighted by Crippen LogP contribution is 2.35. The van der Waals surface area contributed by atoms with Crippen LogP contribution in [0.2, 0.25) is 5.02 Å². The third-order valence-electron chi connectivity index (χ3n) is 4.17. The lowest BCUT2D eigenvalue weighted by molar-refractivity contribution is 0.0837. The van der Waals surface area contributed by atoms with Gasteiger partial charge >= 0.3 is 0 Å². The third kappa shape index (κ3) is 2.86. The Hall–Kier alpha value is -1.02. The highest BCUT2D eigenvalue weighted by atomic mass is 35.5. The number of nitrogens with two attached hydrogens (primary N) is 1. The predicted molar refractivity (Wildman–Crippen MR) is 75.9 cm³/mol. The van der Waals surface area contributed by atoms with Crippen LogP contribution in [0.1, 0.15) is 43.5 Å². The number of ketones is 1. The Balaban J connectivity index is 2.16. The molecule has 0 amide bonds. The quantitative estimate of drug-likeness (QED) is 0.644. The lowest BCUT2D eigenvalue weighted by atomic mass is 9.73. The average Bonchev–Trinajstić information content (AvgIpc) is 2.30. The Kier molecular flexibility index (Phi) is 3.96. The Morgan fingerprint density at radius 2 is 1.94 bits per heavy atom. The zero-order valence-corrected chi connectivity index (χ0v) is 11.7. The molecule has 0 spiro atoms. The van der Waals surface area contributed by atoms with Crippen LogP contribution in [-0.4, -0.2) is 5.78 Å². The number of carbonyl (C=O) groups excluding carboxylic acids is 1. The van der Waals surface area contributed by atoms with E-state index in [1.807, 2.05) is 0 Å². The number of hydrogen-bond donors (Lipinski definition) is 1. The molecule has 98 valence electrons. The largest absolute Gasteiger partial charge is 0.399 e. The molecule has 0 bridgehead atoms. The topological polar surface area (TPSA) is 43.1 Å². The molecular formula is C15H20ClNO. The first-order chi connectivity index (χ1) is 8.47. The fourth-order valence-corrected chi connectivity index (χ4v) is 3.02. The average molecular weight is 266 g/mol. The standard InChI is InChI=1S/C15H20ClNO/c1-9-3-4-11(5-10(9)2)15(18)12-6-13(16)8-14(17)7-12/h6-11H,3-5,17H2,1-2H3. The number of nitrogen functional groups attached to an aromatic ring is 1. The number of hydrogen-bond acceptors (Lipinski definition) is 2. The number of Topliss-reactive ketones (excluding diaryl/α,β-unsaturated/α-hetero) is 1. The summed E-state index contributed by atoms with van der Waals surface area (Å²) in [7, 11) is 0. The molecule has 1 aliphatic carbocycles. The molecule has 0 heterocycles. The van der Waals surface area contributed by atoms with Crippen LogP contribution in [0.25, 0.3) is 0 Å². The molecule has 2 N–H and O–H groups in total. The van der Waals surface area contributed by atoms with E-state index in [9.17, 15) is 4.79 Å². The van der Waals surface area contributed by atoms with E-state index in [0.29, 0.717) is 22.2 Å². The van der Waals surface area contributed by atoms with Crippen LogP contribution in [-0.2, 0) is 0 Å². The summed E-state index contributed by atoms with van der Waals surface area (Å²) in [5.41, 5.74) is 6.96. The minimum Gasteiger partial charge on any atom is -0.399 e. The Morgan fingerprint density at radius 3 is 2.56 bits per heavy atom. The van der Waals surface area contributed by atoms with Crippen molar-refractivity contribution in [3.63, 3.8) is 0 Å². The van der Waals surface area contributed by atoms with Gasteiger partial charge in [-0.05, 0) is 49.3 Å². The maximum Gasteiger partial charge on any atom is 0.166 e. The highest BCUT2D eigenvalue weighted by Gasteiger charge is 2.29. The van der Waals surface area contributed by atoms with E-state index in [1.54, 1.807) is 18.2 Å². The second kappa shape index (κ2) is 5.31. The van der Waals surface area contributed by atoms with Crippen LogP contribution in [0.5, 0.6) is 0 Å². The Morgan fingerprint density at radius 1 is 1.22 bits per heavy atom. The van der Waals surface area contributed by atoms with E-state index >= 15 is 0 Å². The van der Waals surface area contributed by atoms with Gasteiger partial charge in [-0.3, -0.25) is 4.79 Å². The molecule has 3 atom stereocenters. The molecular weight excluding hydrogens is 246 g/mol. The molecule has 1 aromatic carbocycles. The molecule has 18 heavy (non-hydrogen) atoms. The van der Waals surface area contributed by atoms with Gasteiger partial charge in [-0.1, -0.05) is 25.4 Å². The molecule has 0 saturated heterocycles. The van der Waals surface area contributed by atoms with E-state index in [-0.39, 0.29) is 11.7 Å². The second-order valence-corrected chi connectivity index (χ2v) is 6.04. The summed E-state index contributed by atoms with van der Waals surface area (Å²) >= 11 is 5.95. The Bertz CT molecular complexity index is 438. The van der Waals surface area contributed by atoms with Gasteiger partial charge < -0.3 is 5.73 Å². The number of anilines is 1. The van der Waals surface area contributed by atoms with Crippen molar-refractivity contribution in [2.24, 2.45) is 17.8 Å². The molecule has 0 aromatic heterocycles. The number of benzene rings is 1. The van der Waals surface area contributed by atoms with E-state index < -0.39 is 0 Å². The number of carbonyl (C=O) groups is 1. The van der Waals surface area contributed by atoms with Gasteiger partial charge in [0.15, 0.2) is 5.78 Å². The van der Waals surface area contributed by atoms with Crippen molar-refractivity contribution in [2.45, 2.75) is 33.1 Å². The summed E-state index contributed by atoms with van der Waals surface area (Å²) < 4.78 is 0. The molecule has 1 fully saturated rings. The Labute approximate surface area is 114 Å². The van der Waals surface area contributed by atoms with Crippen molar-refractivity contribution in [1.29, 1.82) is 0 Å². The molecule has 1 aromatic rings. The summed E-state index contributed by atoms with van der Waals surface area (Å²) in [5.74, 6) is 1.67. The first-order valence-electron chi connectivity index (χ1n) is 6.57. The number of halogens is 1. The first-order valence-corrected chi connectivity index (χ1v) is 6.95. The van der Waals surface area contributed by atoms with Gasteiger partial charge in [0.2, 0.25) is 0 Å². The molecule has 0 aliphatic heterocycles. The van der Waals surface area contributed by atoms with Crippen molar-refractivity contribution in [2.75, 3.05) is 5.73 Å². The normalized spacial score (nSPS) is 28.1. The summed E-state index contributed by atoms with van der Waals surface area (Å²) in [4.78, 5) is 12.4. The SMILES string of the molecule is CC1CCC(C(=O)c2cc(N)cc(Cl)c2)CC1C. The minimum absolute atomic E-state index is 0.133. The third-order valence-corrected chi connectivity index (χ3v) is 4.39. The van der Waals surface area contributed by atoms with E-state index in [1.165, 1.54) is 0 Å². The van der Waals surface area contributed by atoms with Crippen molar-refractivity contribution in [3.05, 3.63) is 28.8 Å². The number of rotatable bonds is 2. The molecule has 3 unspecified atom stereocenters. The van der Waals surface area contributed by atoms with Crippen molar-refractivity contribution < 1.29 is 4.79 Å². The van der Waals surface area contributed by atoms with Gasteiger partial charge in [0.25, 0.3) is 0 Å². The van der Waals surface area contributed by atoms with Crippen molar-refractivity contribution >= 4 is 23.1 Å². The molecule has 2 nitrogen and oxygen atoms in total. The van der Waals surface area contributed by atoms with Gasteiger partial charge in [-0.15, -0.1) is 0 Å². The summed E-state index contributed by atoms with van der Waals surface area (Å²) in [6.45, 7) is 4.50. The first kappa shape index (κ1) is 13.4. The van der Waals surface area contributed by atoms with Gasteiger partial charge in [-0.25, -0.2) is 0 Å².